The number of furan rings is 1. The largest absolute Gasteiger partial charge is 0.508 e. The highest BCUT2D eigenvalue weighted by Gasteiger charge is 2.72. The number of ketones is 3. The van der Waals surface area contributed by atoms with Crippen LogP contribution in [0.3, 0.4) is 0 Å². The predicted molar refractivity (Wildman–Crippen MR) is 166 cm³/mol. The minimum Gasteiger partial charge on any atom is -0.508 e. The molecule has 1 aromatic heterocycles. The lowest BCUT2D eigenvalue weighted by atomic mass is 9.43. The fourth-order valence-corrected chi connectivity index (χ4v) is 8.55. The first-order valence-corrected chi connectivity index (χ1v) is 15.5. The highest BCUT2D eigenvalue weighted by Crippen LogP contribution is 2.65. The Kier molecular flexibility index (Phi) is 7.36. The number of allylic oxidation sites excluding steroid dienone is 1. The van der Waals surface area contributed by atoms with Gasteiger partial charge in [-0.15, -0.1) is 0 Å². The first-order valence-electron chi connectivity index (χ1n) is 15.5. The highest BCUT2D eigenvalue weighted by atomic mass is 16.4. The van der Waals surface area contributed by atoms with Crippen LogP contribution in [0.15, 0.2) is 39.5 Å². The second-order valence-electron chi connectivity index (χ2n) is 14.7. The van der Waals surface area contributed by atoms with Crippen LogP contribution < -0.4 is 0 Å². The minimum atomic E-state index is -2.64. The summed E-state index contributed by atoms with van der Waals surface area (Å²) in [4.78, 5) is 40.9. The molecule has 3 aliphatic rings. The first kappa shape index (κ1) is 31.8. The maximum absolute atomic E-state index is 14.6. The number of aliphatic hydroxyl groups is 3. The number of carbonyl (C=O) groups is 3. The van der Waals surface area contributed by atoms with E-state index in [9.17, 15) is 34.8 Å². The quantitative estimate of drug-likeness (QED) is 0.264. The van der Waals surface area contributed by atoms with Gasteiger partial charge in [-0.25, -0.2) is 0 Å². The van der Waals surface area contributed by atoms with Gasteiger partial charge >= 0.3 is 0 Å². The molecular formula is C36H44O8. The third-order valence-electron chi connectivity index (χ3n) is 10.2. The Morgan fingerprint density at radius 3 is 2.23 bits per heavy atom. The van der Waals surface area contributed by atoms with Crippen LogP contribution in [0.4, 0.5) is 0 Å². The zero-order valence-corrected chi connectivity index (χ0v) is 27.1. The lowest BCUT2D eigenvalue weighted by Crippen LogP contribution is -2.69. The minimum absolute atomic E-state index is 0.0252. The van der Waals surface area contributed by atoms with E-state index in [0.29, 0.717) is 29.2 Å². The molecule has 0 aliphatic heterocycles. The molecule has 3 aliphatic carbocycles. The molecule has 1 fully saturated rings. The Bertz CT molecular complexity index is 1670. The van der Waals surface area contributed by atoms with Crippen LogP contribution >= 0.6 is 0 Å². The van der Waals surface area contributed by atoms with Crippen molar-refractivity contribution in [3.63, 3.8) is 0 Å². The summed E-state index contributed by atoms with van der Waals surface area (Å²) in [6.45, 7) is 16.3. The average molecular weight is 605 g/mol. The van der Waals surface area contributed by atoms with E-state index in [-0.39, 0.29) is 41.6 Å². The lowest BCUT2D eigenvalue weighted by Gasteiger charge is -2.59. The molecule has 2 aromatic rings. The normalized spacial score (nSPS) is 28.6. The number of Topliss-reactive ketones (excluding diaryl/α,β-unsaturated/α-hetero) is 3. The van der Waals surface area contributed by atoms with Gasteiger partial charge in [-0.05, 0) is 66.8 Å². The number of aliphatic hydroxyl groups excluding tert-OH is 2. The standard InChI is InChI=1S/C36H44O8/c1-16(2)12-20-10-11-24(44-20)22-13-21(17(3)4)23-14-34(8)15-35(9)27(18(5)6)30(39)25(19(7)37)32(41)36(35,43)33(42)28(34)31(40)26(23)29(22)38/h10-11,13,16-18,27,38,40-41,43H,12,14-15H2,1-9H3/t27?,34-,35-,36+/m1/s1. The van der Waals surface area contributed by atoms with Crippen molar-refractivity contribution in [2.24, 2.45) is 28.6 Å². The molecule has 5 rings (SSSR count). The van der Waals surface area contributed by atoms with Gasteiger partial charge in [0.05, 0.1) is 11.1 Å². The topological polar surface area (TPSA) is 145 Å². The molecule has 0 radical (unpaired) electrons. The van der Waals surface area contributed by atoms with Gasteiger partial charge in [0.1, 0.15) is 34.4 Å². The molecule has 1 unspecified atom stereocenters. The third-order valence-corrected chi connectivity index (χ3v) is 10.2. The monoisotopic (exact) mass is 604 g/mol. The molecule has 0 bridgehead atoms. The van der Waals surface area contributed by atoms with E-state index >= 15 is 0 Å². The zero-order chi connectivity index (χ0) is 32.8. The van der Waals surface area contributed by atoms with E-state index in [1.807, 2.05) is 32.9 Å². The van der Waals surface area contributed by atoms with Crippen LogP contribution in [0.1, 0.15) is 97.1 Å². The van der Waals surface area contributed by atoms with Gasteiger partial charge < -0.3 is 24.8 Å². The van der Waals surface area contributed by atoms with Crippen molar-refractivity contribution in [2.45, 2.75) is 93.1 Å². The fraction of sp³-hybridized carbons (Fsp3) is 0.528. The molecule has 0 amide bonds. The van der Waals surface area contributed by atoms with Gasteiger partial charge in [0.2, 0.25) is 5.78 Å². The van der Waals surface area contributed by atoms with Crippen molar-refractivity contribution in [1.29, 1.82) is 0 Å². The van der Waals surface area contributed by atoms with Crippen molar-refractivity contribution in [3.8, 4) is 17.1 Å². The predicted octanol–water partition coefficient (Wildman–Crippen LogP) is 6.77. The molecule has 4 atom stereocenters. The van der Waals surface area contributed by atoms with Crippen LogP contribution in [0.25, 0.3) is 17.1 Å². The number of hydrogen-bond donors (Lipinski definition) is 4. The summed E-state index contributed by atoms with van der Waals surface area (Å²) in [6.07, 6.45) is 1.00. The molecular weight excluding hydrogens is 560 g/mol. The number of fused-ring (bicyclic) bond motifs is 3. The molecule has 44 heavy (non-hydrogen) atoms. The molecule has 1 heterocycles. The van der Waals surface area contributed by atoms with Crippen LogP contribution in [0, 0.1) is 28.6 Å². The fourth-order valence-electron chi connectivity index (χ4n) is 8.55. The number of phenols is 1. The van der Waals surface area contributed by atoms with E-state index in [2.05, 4.69) is 13.8 Å². The van der Waals surface area contributed by atoms with Gasteiger partial charge in [-0.1, -0.05) is 55.4 Å². The first-order chi connectivity index (χ1) is 20.3. The summed E-state index contributed by atoms with van der Waals surface area (Å²) < 4.78 is 6.09. The molecule has 8 nitrogen and oxygen atoms in total. The highest BCUT2D eigenvalue weighted by molar-refractivity contribution is 6.24. The number of hydrogen-bond acceptors (Lipinski definition) is 8. The number of rotatable bonds is 6. The second kappa shape index (κ2) is 10.2. The summed E-state index contributed by atoms with van der Waals surface area (Å²) in [5, 5.41) is 47.4. The lowest BCUT2D eigenvalue weighted by molar-refractivity contribution is -0.178. The van der Waals surface area contributed by atoms with Gasteiger partial charge in [-0.3, -0.25) is 14.4 Å². The summed E-state index contributed by atoms with van der Waals surface area (Å²) in [5.41, 5.74) is -3.93. The van der Waals surface area contributed by atoms with Gasteiger partial charge in [0, 0.05) is 28.7 Å². The summed E-state index contributed by atoms with van der Waals surface area (Å²) >= 11 is 0. The maximum Gasteiger partial charge on any atom is 0.203 e. The van der Waals surface area contributed by atoms with E-state index in [1.165, 1.54) is 0 Å². The molecule has 1 saturated carbocycles. The Labute approximate surface area is 258 Å². The Hall–Kier alpha value is -3.65. The second-order valence-corrected chi connectivity index (χ2v) is 14.7. The van der Waals surface area contributed by atoms with E-state index in [4.69, 9.17) is 4.42 Å². The molecule has 4 N–H and O–H groups in total. The summed E-state index contributed by atoms with van der Waals surface area (Å²) in [5.74, 6) is -3.84. The maximum atomic E-state index is 14.6. The zero-order valence-electron chi connectivity index (χ0n) is 27.1. The summed E-state index contributed by atoms with van der Waals surface area (Å²) in [7, 11) is 0. The number of phenolic OH excluding ortho intramolecular Hbond substituents is 1. The third kappa shape index (κ3) is 4.16. The van der Waals surface area contributed by atoms with Gasteiger partial charge in [0.25, 0.3) is 0 Å². The summed E-state index contributed by atoms with van der Waals surface area (Å²) in [6, 6.07) is 5.50. The number of carbonyl (C=O) groups excluding carboxylic acids is 3. The average Bonchev–Trinajstić information content (AvgIpc) is 3.33. The molecule has 0 saturated heterocycles. The Morgan fingerprint density at radius 2 is 1.68 bits per heavy atom. The van der Waals surface area contributed by atoms with Crippen LogP contribution in [0.5, 0.6) is 5.75 Å². The van der Waals surface area contributed by atoms with Crippen molar-refractivity contribution in [1.82, 2.24) is 0 Å². The van der Waals surface area contributed by atoms with E-state index in [1.54, 1.807) is 26.8 Å². The molecule has 0 spiro atoms. The number of benzene rings is 1. The van der Waals surface area contributed by atoms with Crippen molar-refractivity contribution in [2.75, 3.05) is 0 Å². The Balaban J connectivity index is 1.80. The van der Waals surface area contributed by atoms with E-state index in [0.717, 1.165) is 18.2 Å². The van der Waals surface area contributed by atoms with Crippen molar-refractivity contribution < 1.29 is 39.2 Å². The molecule has 1 aromatic carbocycles. The van der Waals surface area contributed by atoms with Crippen molar-refractivity contribution >= 4 is 23.1 Å². The van der Waals surface area contributed by atoms with Crippen LogP contribution in [0.2, 0.25) is 0 Å². The molecule has 8 heteroatoms. The van der Waals surface area contributed by atoms with E-state index < -0.39 is 56.8 Å². The molecule has 236 valence electrons. The van der Waals surface area contributed by atoms with Crippen LogP contribution in [-0.4, -0.2) is 43.4 Å². The Morgan fingerprint density at radius 1 is 1.05 bits per heavy atom. The number of aromatic hydroxyl groups is 1. The van der Waals surface area contributed by atoms with Gasteiger partial charge in [0.15, 0.2) is 17.2 Å². The SMILES string of the molecule is CC(=O)C1=C(O)[C@]2(O)C(=O)C3=C(O)c4c(O)c(-c5ccc(CC(C)C)o5)cc(C(C)C)c4C[C@]3(C)C[C@]2(C)C(C(C)C)C1=O. The smallest absolute Gasteiger partial charge is 0.203 e. The van der Waals surface area contributed by atoms with Gasteiger partial charge in [-0.2, -0.15) is 0 Å². The van der Waals surface area contributed by atoms with Crippen LogP contribution in [-0.2, 0) is 27.2 Å². The van der Waals surface area contributed by atoms with Crippen molar-refractivity contribution in [3.05, 3.63) is 57.6 Å².